The third kappa shape index (κ3) is 5.96. The molecule has 0 saturated heterocycles. The number of ether oxygens (including phenoxy) is 2. The molecule has 0 fully saturated rings. The Kier molecular flexibility index (Phi) is 8.11. The number of nitrogens with two attached hydrogens (primary N) is 1. The van der Waals surface area contributed by atoms with Crippen molar-refractivity contribution < 1.29 is 28.5 Å². The summed E-state index contributed by atoms with van der Waals surface area (Å²) in [7, 11) is -2.54. The van der Waals surface area contributed by atoms with Gasteiger partial charge in [0.05, 0.1) is 25.1 Å². The van der Waals surface area contributed by atoms with Crippen molar-refractivity contribution >= 4 is 30.5 Å². The van der Waals surface area contributed by atoms with Crippen LogP contribution in [-0.2, 0) is 25.4 Å². The summed E-state index contributed by atoms with van der Waals surface area (Å²) in [6, 6.07) is 8.50. The number of carbonyl (C=O) groups is 1. The van der Waals surface area contributed by atoms with Crippen LogP contribution >= 0.6 is 7.52 Å². The molecule has 2 aromatic heterocycles. The highest BCUT2D eigenvalue weighted by atomic mass is 31.2. The van der Waals surface area contributed by atoms with E-state index in [0.717, 1.165) is 4.67 Å². The Labute approximate surface area is 203 Å². The normalized spacial score (nSPS) is 16.2. The van der Waals surface area contributed by atoms with Crippen molar-refractivity contribution in [1.82, 2.24) is 24.2 Å². The molecule has 0 spiro atoms. The Balaban J connectivity index is 1.84. The number of aliphatic carboxylic acids is 1. The summed E-state index contributed by atoms with van der Waals surface area (Å²) in [5.41, 5.74) is 4.93. The zero-order chi connectivity index (χ0) is 25.8. The Hall–Kier alpha value is -3.05. The van der Waals surface area contributed by atoms with Crippen molar-refractivity contribution in [2.45, 2.75) is 52.2 Å². The molecule has 1 aromatic carbocycles. The van der Waals surface area contributed by atoms with Gasteiger partial charge in [0, 0.05) is 0 Å². The van der Waals surface area contributed by atoms with Crippen LogP contribution in [0.2, 0.25) is 0 Å². The van der Waals surface area contributed by atoms with E-state index in [-0.39, 0.29) is 5.82 Å². The maximum Gasteiger partial charge on any atom is 0.351 e. The Bertz CT molecular complexity index is 1210. The molecule has 3 N–H and O–H groups in total. The zero-order valence-electron chi connectivity index (χ0n) is 20.4. The van der Waals surface area contributed by atoms with Crippen LogP contribution in [0.5, 0.6) is 5.75 Å². The second kappa shape index (κ2) is 10.7. The maximum atomic E-state index is 14.2. The van der Waals surface area contributed by atoms with Crippen molar-refractivity contribution in [3.8, 4) is 5.75 Å². The van der Waals surface area contributed by atoms with Gasteiger partial charge in [-0.05, 0) is 46.9 Å². The summed E-state index contributed by atoms with van der Waals surface area (Å²) in [5, 5.41) is 9.94. The number of carboxylic acid groups (broad SMARTS) is 1. The van der Waals surface area contributed by atoms with Gasteiger partial charge in [-0.2, -0.15) is 4.67 Å². The van der Waals surface area contributed by atoms with Gasteiger partial charge < -0.3 is 29.4 Å². The van der Waals surface area contributed by atoms with Crippen molar-refractivity contribution in [3.63, 3.8) is 0 Å². The first-order chi connectivity index (χ1) is 16.5. The molecule has 12 nitrogen and oxygen atoms in total. The molecule has 0 saturated carbocycles. The standard InChI is InChI=1S/C22H31N6O6P/c1-15(2)33-22(4,21(29)30)27(5)35(31,34-17-9-7-6-8-10-17)14-32-16(3)11-28-13-26-18-19(23)24-12-25-20(18)28/h6-10,12-13,15-16H,11,14H2,1-5H3,(H,29,30)(H2,23,24,25)/t16-,22-,35?/m1/s1. The van der Waals surface area contributed by atoms with Crippen molar-refractivity contribution in [3.05, 3.63) is 43.0 Å². The fraction of sp³-hybridized carbons (Fsp3) is 0.455. The second-order valence-electron chi connectivity index (χ2n) is 8.45. The van der Waals surface area contributed by atoms with Gasteiger partial charge in [0.15, 0.2) is 11.5 Å². The van der Waals surface area contributed by atoms with E-state index in [1.807, 2.05) is 0 Å². The number of para-hydroxylation sites is 1. The predicted octanol–water partition coefficient (Wildman–Crippen LogP) is 3.20. The maximum absolute atomic E-state index is 14.2. The van der Waals surface area contributed by atoms with Gasteiger partial charge in [0.1, 0.15) is 23.9 Å². The largest absolute Gasteiger partial charge is 0.478 e. The number of anilines is 1. The number of likely N-dealkylation sites (N-methyl/N-ethyl adjacent to an activating group) is 1. The van der Waals surface area contributed by atoms with Gasteiger partial charge >= 0.3 is 13.5 Å². The highest BCUT2D eigenvalue weighted by Crippen LogP contribution is 2.54. The minimum Gasteiger partial charge on any atom is -0.478 e. The summed E-state index contributed by atoms with van der Waals surface area (Å²) in [5.74, 6) is -0.729. The fourth-order valence-electron chi connectivity index (χ4n) is 3.42. The highest BCUT2D eigenvalue weighted by molar-refractivity contribution is 7.56. The van der Waals surface area contributed by atoms with Gasteiger partial charge in [-0.1, -0.05) is 18.2 Å². The van der Waals surface area contributed by atoms with Crippen LogP contribution in [0.4, 0.5) is 5.82 Å². The van der Waals surface area contributed by atoms with Gasteiger partial charge in [-0.3, -0.25) is 4.57 Å². The van der Waals surface area contributed by atoms with E-state index in [1.54, 1.807) is 62.0 Å². The lowest BCUT2D eigenvalue weighted by atomic mass is 10.2. The average Bonchev–Trinajstić information content (AvgIpc) is 3.21. The molecule has 190 valence electrons. The third-order valence-electron chi connectivity index (χ3n) is 5.33. The summed E-state index contributed by atoms with van der Waals surface area (Å²) < 4.78 is 34.5. The molecule has 3 atom stereocenters. The second-order valence-corrected chi connectivity index (χ2v) is 10.8. The van der Waals surface area contributed by atoms with Crippen molar-refractivity contribution in [2.75, 3.05) is 19.1 Å². The molecule has 0 radical (unpaired) electrons. The minimum absolute atomic E-state index is 0.266. The van der Waals surface area contributed by atoms with Crippen LogP contribution in [-0.4, -0.2) is 66.6 Å². The van der Waals surface area contributed by atoms with Crippen LogP contribution in [0.25, 0.3) is 11.2 Å². The van der Waals surface area contributed by atoms with E-state index in [4.69, 9.17) is 19.7 Å². The van der Waals surface area contributed by atoms with E-state index in [0.29, 0.717) is 23.5 Å². The van der Waals surface area contributed by atoms with Crippen LogP contribution in [0, 0.1) is 0 Å². The molecule has 35 heavy (non-hydrogen) atoms. The first-order valence-corrected chi connectivity index (χ1v) is 12.7. The number of carboxylic acids is 1. The quantitative estimate of drug-likeness (QED) is 0.275. The van der Waals surface area contributed by atoms with Gasteiger partial charge in [-0.15, -0.1) is 0 Å². The van der Waals surface area contributed by atoms with Gasteiger partial charge in [-0.25, -0.2) is 19.7 Å². The van der Waals surface area contributed by atoms with E-state index < -0.39 is 37.8 Å². The predicted molar refractivity (Wildman–Crippen MR) is 130 cm³/mol. The number of nitrogen functional groups attached to an aromatic ring is 1. The number of fused-ring (bicyclic) bond motifs is 1. The van der Waals surface area contributed by atoms with Crippen LogP contribution in [0.15, 0.2) is 43.0 Å². The molecule has 3 rings (SSSR count). The lowest BCUT2D eigenvalue weighted by molar-refractivity contribution is -0.188. The minimum atomic E-state index is -3.93. The summed E-state index contributed by atoms with van der Waals surface area (Å²) in [6.07, 6.45) is 1.60. The summed E-state index contributed by atoms with van der Waals surface area (Å²) >= 11 is 0. The topological polar surface area (TPSA) is 155 Å². The zero-order valence-corrected chi connectivity index (χ0v) is 21.3. The highest BCUT2D eigenvalue weighted by Gasteiger charge is 2.50. The van der Waals surface area contributed by atoms with Gasteiger partial charge in [0.2, 0.25) is 5.72 Å². The van der Waals surface area contributed by atoms with E-state index in [1.165, 1.54) is 20.3 Å². The number of rotatable bonds is 12. The first-order valence-electron chi connectivity index (χ1n) is 11.0. The molecule has 13 heteroatoms. The molecule has 3 aromatic rings. The van der Waals surface area contributed by atoms with Crippen LogP contribution in [0.3, 0.4) is 0 Å². The molecule has 0 amide bonds. The average molecular weight is 507 g/mol. The third-order valence-corrected chi connectivity index (χ3v) is 7.60. The van der Waals surface area contributed by atoms with Crippen LogP contribution in [0.1, 0.15) is 27.7 Å². The van der Waals surface area contributed by atoms with E-state index in [9.17, 15) is 14.5 Å². The number of imidazole rings is 1. The first kappa shape index (κ1) is 26.6. The fourth-order valence-corrected chi connectivity index (χ4v) is 5.38. The lowest BCUT2D eigenvalue weighted by Gasteiger charge is -2.40. The number of benzene rings is 1. The van der Waals surface area contributed by atoms with Gasteiger partial charge in [0.25, 0.3) is 0 Å². The molecular formula is C22H31N6O6P. The molecule has 0 aliphatic rings. The van der Waals surface area contributed by atoms with Crippen molar-refractivity contribution in [1.29, 1.82) is 0 Å². The van der Waals surface area contributed by atoms with E-state index in [2.05, 4.69) is 15.0 Å². The molecular weight excluding hydrogens is 475 g/mol. The lowest BCUT2D eigenvalue weighted by Crippen LogP contribution is -2.53. The number of nitrogens with zero attached hydrogens (tertiary/aromatic N) is 5. The Morgan fingerprint density at radius 3 is 2.54 bits per heavy atom. The molecule has 2 heterocycles. The Morgan fingerprint density at radius 2 is 1.91 bits per heavy atom. The molecule has 0 bridgehead atoms. The smallest absolute Gasteiger partial charge is 0.351 e. The monoisotopic (exact) mass is 506 g/mol. The van der Waals surface area contributed by atoms with E-state index >= 15 is 0 Å². The van der Waals surface area contributed by atoms with Crippen LogP contribution < -0.4 is 10.3 Å². The van der Waals surface area contributed by atoms with Crippen molar-refractivity contribution in [2.24, 2.45) is 0 Å². The number of hydrogen-bond donors (Lipinski definition) is 2. The Morgan fingerprint density at radius 1 is 1.23 bits per heavy atom. The summed E-state index contributed by atoms with van der Waals surface area (Å²) in [6.45, 7) is 6.83. The molecule has 1 unspecified atom stereocenters. The summed E-state index contributed by atoms with van der Waals surface area (Å²) in [4.78, 5) is 24.6. The number of hydrogen-bond acceptors (Lipinski definition) is 9. The SMILES string of the molecule is CC(C)O[C@](C)(C(=O)O)N(C)P(=O)(CO[C@H](C)Cn1cnc2c(N)ncnc21)Oc1ccccc1. The molecule has 0 aliphatic carbocycles. The number of aromatic nitrogens is 4. The molecule has 0 aliphatic heterocycles.